The van der Waals surface area contributed by atoms with Crippen LogP contribution in [-0.2, 0) is 0 Å². The minimum Gasteiger partial charge on any atom is -0.487 e. The first kappa shape index (κ1) is 16.4. The van der Waals surface area contributed by atoms with Crippen LogP contribution in [0.5, 0.6) is 5.75 Å². The minimum atomic E-state index is -0.331. The molecule has 1 aromatic rings. The molecule has 0 radical (unpaired) electrons. The number of ether oxygens (including phenoxy) is 1. The Morgan fingerprint density at radius 3 is 2.48 bits per heavy atom. The Hall–Kier alpha value is -1.02. The van der Waals surface area contributed by atoms with Crippen LogP contribution in [0.4, 0.5) is 0 Å². The van der Waals surface area contributed by atoms with E-state index in [4.69, 9.17) is 4.74 Å². The average molecular weight is 290 g/mol. The molecule has 3 atom stereocenters. The van der Waals surface area contributed by atoms with E-state index in [0.29, 0.717) is 17.8 Å². The molecule has 2 heteroatoms. The van der Waals surface area contributed by atoms with Crippen LogP contribution >= 0.6 is 0 Å². The Bertz CT molecular complexity index is 465. The third kappa shape index (κ3) is 4.00. The predicted octanol–water partition coefficient (Wildman–Crippen LogP) is 4.68. The molecule has 0 saturated heterocycles. The highest BCUT2D eigenvalue weighted by atomic mass is 16.5. The fraction of sp³-hybridized carbons (Fsp3) is 0.684. The summed E-state index contributed by atoms with van der Waals surface area (Å²) in [6, 6.07) is 6.44. The second kappa shape index (κ2) is 6.83. The highest BCUT2D eigenvalue weighted by Gasteiger charge is 2.32. The molecular weight excluding hydrogens is 260 g/mol. The molecule has 1 N–H and O–H groups in total. The number of aliphatic hydroxyl groups excluding tert-OH is 1. The van der Waals surface area contributed by atoms with Crippen molar-refractivity contribution in [1.82, 2.24) is 0 Å². The molecule has 2 rings (SSSR count). The fourth-order valence-corrected chi connectivity index (χ4v) is 3.14. The van der Waals surface area contributed by atoms with Crippen molar-refractivity contribution in [2.45, 2.75) is 72.0 Å². The monoisotopic (exact) mass is 290 g/mol. The normalized spacial score (nSPS) is 26.4. The van der Waals surface area contributed by atoms with Crippen molar-refractivity contribution < 1.29 is 9.84 Å². The summed E-state index contributed by atoms with van der Waals surface area (Å²) in [5.74, 6) is 2.75. The predicted molar refractivity (Wildman–Crippen MR) is 87.9 cm³/mol. The third-order valence-electron chi connectivity index (χ3n) is 4.90. The lowest BCUT2D eigenvalue weighted by atomic mass is 9.79. The lowest BCUT2D eigenvalue weighted by Crippen LogP contribution is -2.39. The molecule has 1 aliphatic carbocycles. The molecule has 0 heterocycles. The van der Waals surface area contributed by atoms with E-state index in [0.717, 1.165) is 30.6 Å². The maximum atomic E-state index is 10.3. The zero-order valence-electron chi connectivity index (χ0n) is 14.1. The largest absolute Gasteiger partial charge is 0.487 e. The molecule has 21 heavy (non-hydrogen) atoms. The molecule has 2 nitrogen and oxygen atoms in total. The van der Waals surface area contributed by atoms with Crippen molar-refractivity contribution in [2.24, 2.45) is 11.8 Å². The van der Waals surface area contributed by atoms with Crippen molar-refractivity contribution in [3.05, 3.63) is 29.3 Å². The molecule has 0 amide bonds. The van der Waals surface area contributed by atoms with Gasteiger partial charge in [-0.05, 0) is 61.1 Å². The standard InChI is InChI=1S/C19H30O2/c1-12(2)15-7-6-14(5)18(10-15)21-19-11-16(13(3)4)8-9-17(19)20/h6-7,10,12-13,16-17,19-20H,8-9,11H2,1-5H3. The van der Waals surface area contributed by atoms with E-state index < -0.39 is 0 Å². The molecule has 3 unspecified atom stereocenters. The van der Waals surface area contributed by atoms with Gasteiger partial charge in [0.1, 0.15) is 11.9 Å². The first-order chi connectivity index (χ1) is 9.88. The van der Waals surface area contributed by atoms with Gasteiger partial charge in [-0.2, -0.15) is 0 Å². The number of aryl methyl sites for hydroxylation is 1. The van der Waals surface area contributed by atoms with Gasteiger partial charge in [-0.25, -0.2) is 0 Å². The summed E-state index contributed by atoms with van der Waals surface area (Å²) in [4.78, 5) is 0. The van der Waals surface area contributed by atoms with Crippen LogP contribution in [0, 0.1) is 18.8 Å². The quantitative estimate of drug-likeness (QED) is 0.872. The number of rotatable bonds is 4. The molecule has 1 fully saturated rings. The molecule has 0 bridgehead atoms. The van der Waals surface area contributed by atoms with Gasteiger partial charge < -0.3 is 9.84 Å². The van der Waals surface area contributed by atoms with Gasteiger partial charge in [0, 0.05) is 0 Å². The third-order valence-corrected chi connectivity index (χ3v) is 4.90. The molecule has 118 valence electrons. The smallest absolute Gasteiger partial charge is 0.125 e. The number of aliphatic hydroxyl groups is 1. The SMILES string of the molecule is Cc1ccc(C(C)C)cc1OC1CC(C(C)C)CCC1O. The van der Waals surface area contributed by atoms with E-state index in [1.165, 1.54) is 5.56 Å². The Morgan fingerprint density at radius 2 is 1.86 bits per heavy atom. The van der Waals surface area contributed by atoms with E-state index in [1.807, 2.05) is 0 Å². The summed E-state index contributed by atoms with van der Waals surface area (Å²) in [6.07, 6.45) is 2.54. The zero-order valence-corrected chi connectivity index (χ0v) is 14.1. The Kier molecular flexibility index (Phi) is 5.32. The van der Waals surface area contributed by atoms with Crippen molar-refractivity contribution in [2.75, 3.05) is 0 Å². The van der Waals surface area contributed by atoms with Gasteiger partial charge in [-0.15, -0.1) is 0 Å². The second-order valence-corrected chi connectivity index (χ2v) is 7.22. The summed E-state index contributed by atoms with van der Waals surface area (Å²) in [6.45, 7) is 11.0. The van der Waals surface area contributed by atoms with Crippen molar-refractivity contribution in [1.29, 1.82) is 0 Å². The average Bonchev–Trinajstić information content (AvgIpc) is 2.43. The Morgan fingerprint density at radius 1 is 1.14 bits per heavy atom. The summed E-state index contributed by atoms with van der Waals surface area (Å²) in [5.41, 5.74) is 2.44. The van der Waals surface area contributed by atoms with Gasteiger partial charge in [0.25, 0.3) is 0 Å². The lowest BCUT2D eigenvalue weighted by Gasteiger charge is -2.35. The maximum absolute atomic E-state index is 10.3. The molecule has 0 spiro atoms. The van der Waals surface area contributed by atoms with Crippen LogP contribution in [0.3, 0.4) is 0 Å². The van der Waals surface area contributed by atoms with Gasteiger partial charge in [0.2, 0.25) is 0 Å². The first-order valence-corrected chi connectivity index (χ1v) is 8.33. The van der Waals surface area contributed by atoms with E-state index >= 15 is 0 Å². The van der Waals surface area contributed by atoms with Crippen LogP contribution in [0.15, 0.2) is 18.2 Å². The Balaban J connectivity index is 2.14. The van der Waals surface area contributed by atoms with Gasteiger partial charge in [0.15, 0.2) is 0 Å². The Labute approximate surface area is 129 Å². The summed E-state index contributed by atoms with van der Waals surface area (Å²) in [5, 5.41) is 10.3. The number of benzene rings is 1. The topological polar surface area (TPSA) is 29.5 Å². The highest BCUT2D eigenvalue weighted by molar-refractivity contribution is 5.38. The van der Waals surface area contributed by atoms with Crippen molar-refractivity contribution in [3.8, 4) is 5.75 Å². The molecule has 0 aromatic heterocycles. The molecule has 1 aromatic carbocycles. The van der Waals surface area contributed by atoms with Gasteiger partial charge >= 0.3 is 0 Å². The molecule has 0 aliphatic heterocycles. The zero-order chi connectivity index (χ0) is 15.6. The van der Waals surface area contributed by atoms with Gasteiger partial charge in [-0.3, -0.25) is 0 Å². The summed E-state index contributed by atoms with van der Waals surface area (Å²) in [7, 11) is 0. The van der Waals surface area contributed by atoms with Crippen molar-refractivity contribution >= 4 is 0 Å². The highest BCUT2D eigenvalue weighted by Crippen LogP contribution is 2.34. The number of hydrogen-bond acceptors (Lipinski definition) is 2. The van der Waals surface area contributed by atoms with Crippen molar-refractivity contribution in [3.63, 3.8) is 0 Å². The maximum Gasteiger partial charge on any atom is 0.125 e. The van der Waals surface area contributed by atoms with Crippen LogP contribution in [0.1, 0.15) is 64.0 Å². The van der Waals surface area contributed by atoms with E-state index in [2.05, 4.69) is 52.8 Å². The fourth-order valence-electron chi connectivity index (χ4n) is 3.14. The number of hydrogen-bond donors (Lipinski definition) is 1. The van der Waals surface area contributed by atoms with Crippen LogP contribution in [0.25, 0.3) is 0 Å². The summed E-state index contributed by atoms with van der Waals surface area (Å²) < 4.78 is 6.22. The van der Waals surface area contributed by atoms with Gasteiger partial charge in [-0.1, -0.05) is 39.8 Å². The van der Waals surface area contributed by atoms with Gasteiger partial charge in [0.05, 0.1) is 6.10 Å². The van der Waals surface area contributed by atoms with E-state index in [1.54, 1.807) is 0 Å². The lowest BCUT2D eigenvalue weighted by molar-refractivity contribution is -0.0180. The summed E-state index contributed by atoms with van der Waals surface area (Å²) >= 11 is 0. The molecule has 1 saturated carbocycles. The van der Waals surface area contributed by atoms with Crippen LogP contribution < -0.4 is 4.74 Å². The first-order valence-electron chi connectivity index (χ1n) is 8.33. The van der Waals surface area contributed by atoms with E-state index in [-0.39, 0.29) is 12.2 Å². The minimum absolute atomic E-state index is 0.0627. The molecule has 1 aliphatic rings. The van der Waals surface area contributed by atoms with E-state index in [9.17, 15) is 5.11 Å². The second-order valence-electron chi connectivity index (χ2n) is 7.22. The van der Waals surface area contributed by atoms with Crippen LogP contribution in [0.2, 0.25) is 0 Å². The molecular formula is C19H30O2. The van der Waals surface area contributed by atoms with Crippen LogP contribution in [-0.4, -0.2) is 17.3 Å².